The van der Waals surface area contributed by atoms with E-state index in [1.807, 2.05) is 33.8 Å². The van der Waals surface area contributed by atoms with Crippen molar-refractivity contribution in [3.05, 3.63) is 89.1 Å². The van der Waals surface area contributed by atoms with Crippen LogP contribution in [0.25, 0.3) is 21.7 Å². The zero-order valence-electron chi connectivity index (χ0n) is 23.5. The second kappa shape index (κ2) is 14.6. The normalized spacial score (nSPS) is 10.4. The van der Waals surface area contributed by atoms with E-state index in [2.05, 4.69) is 114 Å². The third kappa shape index (κ3) is 7.42. The Hall–Kier alpha value is -2.67. The molecule has 0 aliphatic carbocycles. The third-order valence-electron chi connectivity index (χ3n) is 5.70. The SMILES string of the molecule is CC.CC.CC(C)c1ccc2ccccc2c1C(C)C.Cc1cc2ccccc2nc1C(C)C. The van der Waals surface area contributed by atoms with Crippen LogP contribution < -0.4 is 0 Å². The topological polar surface area (TPSA) is 12.9 Å². The molecule has 0 unspecified atom stereocenters. The number of rotatable bonds is 3. The summed E-state index contributed by atoms with van der Waals surface area (Å²) < 4.78 is 0. The predicted octanol–water partition coefficient (Wildman–Crippen LogP) is 10.8. The van der Waals surface area contributed by atoms with Gasteiger partial charge in [-0.3, -0.25) is 4.98 Å². The van der Waals surface area contributed by atoms with Crippen molar-refractivity contribution < 1.29 is 0 Å². The van der Waals surface area contributed by atoms with E-state index in [0.29, 0.717) is 17.8 Å². The molecular formula is C33H47N. The summed E-state index contributed by atoms with van der Waals surface area (Å²) in [4.78, 5) is 4.67. The summed E-state index contributed by atoms with van der Waals surface area (Å²) in [5, 5.41) is 4.01. The molecule has 0 atom stereocenters. The molecule has 0 aliphatic heterocycles. The van der Waals surface area contributed by atoms with Crippen LogP contribution in [0.3, 0.4) is 0 Å². The molecule has 0 radical (unpaired) electrons. The first-order valence-corrected chi connectivity index (χ1v) is 13.2. The number of nitrogens with zero attached hydrogens (tertiary/aromatic N) is 1. The van der Waals surface area contributed by atoms with Crippen molar-refractivity contribution in [1.29, 1.82) is 0 Å². The Kier molecular flexibility index (Phi) is 12.6. The van der Waals surface area contributed by atoms with E-state index in [-0.39, 0.29) is 0 Å². The molecule has 0 saturated heterocycles. The minimum absolute atomic E-state index is 0.500. The largest absolute Gasteiger partial charge is 0.252 e. The van der Waals surface area contributed by atoms with E-state index in [9.17, 15) is 0 Å². The summed E-state index contributed by atoms with van der Waals surface area (Å²) in [5.74, 6) is 1.69. The Balaban J connectivity index is 0.000000299. The first-order valence-electron chi connectivity index (χ1n) is 13.2. The second-order valence-electron chi connectivity index (χ2n) is 9.14. The number of benzene rings is 3. The standard InChI is InChI=1S/C16H20.C13H15N.2C2H6/c1-11(2)14-10-9-13-7-5-6-8-15(13)16(14)12(3)4;1-9(2)13-10(3)8-11-6-4-5-7-12(11)14-13;2*1-2/h5-12H,1-4H3;4-9H,1-3H3;2*1-2H3. The van der Waals surface area contributed by atoms with Gasteiger partial charge in [0.2, 0.25) is 0 Å². The molecule has 0 spiro atoms. The van der Waals surface area contributed by atoms with Crippen LogP contribution in [-0.2, 0) is 0 Å². The van der Waals surface area contributed by atoms with Gasteiger partial charge in [0.15, 0.2) is 0 Å². The molecular weight excluding hydrogens is 410 g/mol. The van der Waals surface area contributed by atoms with Crippen LogP contribution in [0, 0.1) is 6.92 Å². The number of aromatic nitrogens is 1. The van der Waals surface area contributed by atoms with Crippen LogP contribution in [0.15, 0.2) is 66.7 Å². The fraction of sp³-hybridized carbons (Fsp3) is 0.424. The molecule has 0 fully saturated rings. The summed E-state index contributed by atoms with van der Waals surface area (Å²) in [6.07, 6.45) is 0. The lowest BCUT2D eigenvalue weighted by atomic mass is 9.86. The van der Waals surface area contributed by atoms with Crippen molar-refractivity contribution in [3.8, 4) is 0 Å². The van der Waals surface area contributed by atoms with Gasteiger partial charge in [0, 0.05) is 11.1 Å². The first kappa shape index (κ1) is 29.4. The Bertz CT molecular complexity index is 1140. The smallest absolute Gasteiger partial charge is 0.0705 e. The van der Waals surface area contributed by atoms with Gasteiger partial charge in [0.05, 0.1) is 5.52 Å². The maximum atomic E-state index is 4.67. The predicted molar refractivity (Wildman–Crippen MR) is 155 cm³/mol. The highest BCUT2D eigenvalue weighted by Gasteiger charge is 2.13. The number of fused-ring (bicyclic) bond motifs is 2. The highest BCUT2D eigenvalue weighted by molar-refractivity contribution is 5.87. The van der Waals surface area contributed by atoms with E-state index >= 15 is 0 Å². The van der Waals surface area contributed by atoms with E-state index in [1.165, 1.54) is 38.5 Å². The lowest BCUT2D eigenvalue weighted by Gasteiger charge is -2.18. The van der Waals surface area contributed by atoms with Gasteiger partial charge in [0.1, 0.15) is 0 Å². The van der Waals surface area contributed by atoms with Crippen LogP contribution in [-0.4, -0.2) is 4.98 Å². The number of pyridine rings is 1. The molecule has 4 rings (SSSR count). The average Bonchev–Trinajstić information content (AvgIpc) is 2.85. The van der Waals surface area contributed by atoms with E-state index < -0.39 is 0 Å². The summed E-state index contributed by atoms with van der Waals surface area (Å²) in [6, 6.07) is 23.7. The minimum Gasteiger partial charge on any atom is -0.252 e. The third-order valence-corrected chi connectivity index (χ3v) is 5.70. The fourth-order valence-electron chi connectivity index (χ4n) is 4.28. The molecule has 1 heteroatoms. The summed E-state index contributed by atoms with van der Waals surface area (Å²) in [5.41, 5.74) is 6.62. The van der Waals surface area contributed by atoms with Gasteiger partial charge < -0.3 is 0 Å². The molecule has 0 saturated carbocycles. The fourth-order valence-corrected chi connectivity index (χ4v) is 4.28. The molecule has 1 nitrogen and oxygen atoms in total. The molecule has 0 bridgehead atoms. The summed E-state index contributed by atoms with van der Waals surface area (Å²) in [6.45, 7) is 23.6. The Morgan fingerprint density at radius 3 is 1.71 bits per heavy atom. The zero-order chi connectivity index (χ0) is 25.8. The quantitative estimate of drug-likeness (QED) is 0.298. The molecule has 3 aromatic carbocycles. The molecule has 184 valence electrons. The number of para-hydroxylation sites is 1. The highest BCUT2D eigenvalue weighted by atomic mass is 14.7. The molecule has 0 aliphatic rings. The van der Waals surface area contributed by atoms with Crippen molar-refractivity contribution >= 4 is 21.7 Å². The van der Waals surface area contributed by atoms with Crippen molar-refractivity contribution in [2.45, 2.75) is 93.9 Å². The van der Waals surface area contributed by atoms with Crippen LogP contribution in [0.1, 0.15) is 109 Å². The maximum Gasteiger partial charge on any atom is 0.0705 e. The molecule has 34 heavy (non-hydrogen) atoms. The highest BCUT2D eigenvalue weighted by Crippen LogP contribution is 2.32. The van der Waals surface area contributed by atoms with Gasteiger partial charge in [-0.05, 0) is 64.3 Å². The molecule has 4 aromatic rings. The van der Waals surface area contributed by atoms with Crippen molar-refractivity contribution in [2.24, 2.45) is 0 Å². The van der Waals surface area contributed by atoms with Crippen molar-refractivity contribution in [3.63, 3.8) is 0 Å². The lowest BCUT2D eigenvalue weighted by molar-refractivity contribution is 0.798. The van der Waals surface area contributed by atoms with Gasteiger partial charge in [-0.15, -0.1) is 0 Å². The molecule has 1 heterocycles. The second-order valence-corrected chi connectivity index (χ2v) is 9.14. The zero-order valence-corrected chi connectivity index (χ0v) is 23.5. The Morgan fingerprint density at radius 1 is 0.588 bits per heavy atom. The molecule has 0 amide bonds. The van der Waals surface area contributed by atoms with Crippen molar-refractivity contribution in [2.75, 3.05) is 0 Å². The van der Waals surface area contributed by atoms with Crippen LogP contribution >= 0.6 is 0 Å². The van der Waals surface area contributed by atoms with Gasteiger partial charge >= 0.3 is 0 Å². The van der Waals surface area contributed by atoms with Gasteiger partial charge in [-0.1, -0.05) is 124 Å². The van der Waals surface area contributed by atoms with Crippen molar-refractivity contribution in [1.82, 2.24) is 4.98 Å². The van der Waals surface area contributed by atoms with E-state index in [4.69, 9.17) is 0 Å². The number of aryl methyl sites for hydroxylation is 1. The maximum absolute atomic E-state index is 4.67. The monoisotopic (exact) mass is 457 g/mol. The van der Waals surface area contributed by atoms with Crippen LogP contribution in [0.4, 0.5) is 0 Å². The van der Waals surface area contributed by atoms with Gasteiger partial charge in [-0.2, -0.15) is 0 Å². The number of hydrogen-bond donors (Lipinski definition) is 0. The van der Waals surface area contributed by atoms with Crippen LogP contribution in [0.5, 0.6) is 0 Å². The Labute approximate surface area is 209 Å². The summed E-state index contributed by atoms with van der Waals surface area (Å²) >= 11 is 0. The lowest BCUT2D eigenvalue weighted by Crippen LogP contribution is -1.99. The Morgan fingerprint density at radius 2 is 1.15 bits per heavy atom. The molecule has 0 N–H and O–H groups in total. The molecule has 1 aromatic heterocycles. The average molecular weight is 458 g/mol. The first-order chi connectivity index (χ1) is 16.3. The minimum atomic E-state index is 0.500. The van der Waals surface area contributed by atoms with Gasteiger partial charge in [-0.25, -0.2) is 0 Å². The number of hydrogen-bond acceptors (Lipinski definition) is 1. The van der Waals surface area contributed by atoms with E-state index in [1.54, 1.807) is 0 Å². The summed E-state index contributed by atoms with van der Waals surface area (Å²) in [7, 11) is 0. The van der Waals surface area contributed by atoms with Crippen LogP contribution in [0.2, 0.25) is 0 Å². The van der Waals surface area contributed by atoms with E-state index in [0.717, 1.165) is 5.52 Å². The van der Waals surface area contributed by atoms with Gasteiger partial charge in [0.25, 0.3) is 0 Å².